The highest BCUT2D eigenvalue weighted by Crippen LogP contribution is 2.34. The molecule has 4 aromatic rings. The lowest BCUT2D eigenvalue weighted by atomic mass is 9.99. The topological polar surface area (TPSA) is 162 Å². The van der Waals surface area contributed by atoms with Gasteiger partial charge in [0.05, 0.1) is 12.8 Å². The van der Waals surface area contributed by atoms with Gasteiger partial charge in [-0.2, -0.15) is 0 Å². The van der Waals surface area contributed by atoms with E-state index in [4.69, 9.17) is 15.2 Å². The molecule has 12 heteroatoms. The van der Waals surface area contributed by atoms with Gasteiger partial charge in [0.1, 0.15) is 23.7 Å². The highest BCUT2D eigenvalue weighted by molar-refractivity contribution is 7.92. The quantitative estimate of drug-likeness (QED) is 0.252. The fourth-order valence-corrected chi connectivity index (χ4v) is 6.01. The number of nitrogens with zero attached hydrogens (tertiary/aromatic N) is 3. The Kier molecular flexibility index (Phi) is 9.36. The molecule has 2 aromatic heterocycles. The van der Waals surface area contributed by atoms with Crippen molar-refractivity contribution in [2.24, 2.45) is 5.73 Å². The number of benzene rings is 2. The molecule has 2 heterocycles. The van der Waals surface area contributed by atoms with Crippen LogP contribution in [0.4, 0.5) is 10.6 Å². The summed E-state index contributed by atoms with van der Waals surface area (Å²) in [5.74, 6) is -0.763. The molecule has 0 fully saturated rings. The van der Waals surface area contributed by atoms with Gasteiger partial charge >= 0.3 is 12.1 Å². The number of methoxy groups -OCH3 is 1. The number of sulfone groups is 1. The smallest absolute Gasteiger partial charge is 0.416 e. The highest BCUT2D eigenvalue weighted by atomic mass is 32.2. The molecule has 0 spiro atoms. The lowest BCUT2D eigenvalue weighted by Gasteiger charge is -2.30. The van der Waals surface area contributed by atoms with Gasteiger partial charge in [-0.25, -0.2) is 23.2 Å². The van der Waals surface area contributed by atoms with Crippen molar-refractivity contribution >= 4 is 27.7 Å². The average molecular weight is 619 g/mol. The Bertz CT molecular complexity index is 1740. The lowest BCUT2D eigenvalue weighted by molar-refractivity contribution is -0.135. The van der Waals surface area contributed by atoms with Gasteiger partial charge in [0, 0.05) is 12.6 Å². The Morgan fingerprint density at radius 1 is 0.932 bits per heavy atom. The third-order valence-corrected chi connectivity index (χ3v) is 8.67. The number of pyridine rings is 2. The molecule has 4 rings (SSSR count). The van der Waals surface area contributed by atoms with E-state index in [1.807, 2.05) is 36.4 Å². The number of hydrogen-bond acceptors (Lipinski definition) is 9. The Morgan fingerprint density at radius 3 is 2.25 bits per heavy atom. The molecule has 44 heavy (non-hydrogen) atoms. The molecule has 0 radical (unpaired) electrons. The first-order valence-corrected chi connectivity index (χ1v) is 15.1. The average Bonchev–Trinajstić information content (AvgIpc) is 2.99. The summed E-state index contributed by atoms with van der Waals surface area (Å²) in [6.45, 7) is 4.13. The van der Waals surface area contributed by atoms with Crippen molar-refractivity contribution in [3.05, 3.63) is 102 Å². The van der Waals surface area contributed by atoms with Crippen molar-refractivity contribution in [3.8, 4) is 16.9 Å². The van der Waals surface area contributed by atoms with E-state index < -0.39 is 38.9 Å². The van der Waals surface area contributed by atoms with Crippen LogP contribution >= 0.6 is 0 Å². The Hall–Kier alpha value is -4.81. The molecule has 0 aliphatic rings. The van der Waals surface area contributed by atoms with Crippen LogP contribution in [0.15, 0.2) is 96.2 Å². The summed E-state index contributed by atoms with van der Waals surface area (Å²) in [6, 6.07) is 23.5. The summed E-state index contributed by atoms with van der Waals surface area (Å²) in [6.07, 6.45) is 0.163. The maximum atomic E-state index is 14.2. The number of carbonyl (C=O) groups excluding carboxylic acids is 1. The van der Waals surface area contributed by atoms with E-state index in [9.17, 15) is 23.1 Å². The van der Waals surface area contributed by atoms with Crippen LogP contribution in [-0.4, -0.2) is 54.8 Å². The van der Waals surface area contributed by atoms with Gasteiger partial charge in [0.15, 0.2) is 9.90 Å². The van der Waals surface area contributed by atoms with E-state index in [2.05, 4.69) is 9.97 Å². The summed E-state index contributed by atoms with van der Waals surface area (Å²) >= 11 is 0. The molecule has 1 atom stereocenters. The lowest BCUT2D eigenvalue weighted by Crippen LogP contribution is -2.48. The first kappa shape index (κ1) is 32.1. The Morgan fingerprint density at radius 2 is 1.64 bits per heavy atom. The predicted octanol–water partition coefficient (Wildman–Crippen LogP) is 4.81. The number of aliphatic carboxylic acids is 1. The maximum absolute atomic E-state index is 14.2. The number of hydrogen-bond donors (Lipinski definition) is 2. The fourth-order valence-electron chi connectivity index (χ4n) is 4.44. The zero-order valence-electron chi connectivity index (χ0n) is 24.8. The molecule has 0 bridgehead atoms. The fraction of sp³-hybridized carbons (Fsp3) is 0.250. The van der Waals surface area contributed by atoms with Crippen molar-refractivity contribution in [1.82, 2.24) is 9.97 Å². The molecular weight excluding hydrogens is 584 g/mol. The van der Waals surface area contributed by atoms with Crippen molar-refractivity contribution in [3.63, 3.8) is 0 Å². The molecule has 0 saturated heterocycles. The van der Waals surface area contributed by atoms with Crippen molar-refractivity contribution < 1.29 is 32.6 Å². The first-order valence-electron chi connectivity index (χ1n) is 13.6. The molecule has 1 amide bonds. The standard InChI is InChI=1S/C32H34N4O7S/c1-31(2,3)43-30(39)36(21-29(37)38)27-12-8-11-26(35-27)32(33,44(40,41)28-13-5-6-18-34-28)20-22-14-16-23(17-15-22)24-9-7-10-25(19-24)42-4/h5-19H,20-21,33H2,1-4H3,(H,37,38). The largest absolute Gasteiger partial charge is 0.497 e. The van der Waals surface area contributed by atoms with Gasteiger partial charge in [0.2, 0.25) is 9.84 Å². The van der Waals surface area contributed by atoms with Crippen LogP contribution in [-0.2, 0) is 30.7 Å². The molecular formula is C32H34N4O7S. The molecule has 0 aliphatic carbocycles. The molecule has 1 unspecified atom stereocenters. The van der Waals surface area contributed by atoms with Crippen LogP contribution in [0.25, 0.3) is 11.1 Å². The van der Waals surface area contributed by atoms with Crippen molar-refractivity contribution in [1.29, 1.82) is 0 Å². The van der Waals surface area contributed by atoms with Crippen LogP contribution in [0.3, 0.4) is 0 Å². The second-order valence-corrected chi connectivity index (χ2v) is 13.2. The van der Waals surface area contributed by atoms with E-state index in [0.717, 1.165) is 16.0 Å². The highest BCUT2D eigenvalue weighted by Gasteiger charge is 2.45. The normalized spacial score (nSPS) is 13.0. The molecule has 0 saturated carbocycles. The van der Waals surface area contributed by atoms with Gasteiger partial charge in [-0.05, 0) is 73.9 Å². The number of carboxylic acid groups (broad SMARTS) is 1. The van der Waals surface area contributed by atoms with Crippen molar-refractivity contribution in [2.45, 2.75) is 42.7 Å². The summed E-state index contributed by atoms with van der Waals surface area (Å²) < 4.78 is 39.0. The SMILES string of the molecule is COc1cccc(-c2ccc(CC(N)(c3cccc(N(CC(=O)O)C(=O)OC(C)(C)C)n3)S(=O)(=O)c3ccccn3)cc2)c1. The van der Waals surface area contributed by atoms with E-state index in [0.29, 0.717) is 11.3 Å². The number of ether oxygens (including phenoxy) is 2. The number of carbonyl (C=O) groups is 2. The number of rotatable bonds is 10. The number of aromatic nitrogens is 2. The molecule has 3 N–H and O–H groups in total. The van der Waals surface area contributed by atoms with E-state index >= 15 is 0 Å². The van der Waals surface area contributed by atoms with Crippen LogP contribution in [0.1, 0.15) is 32.0 Å². The van der Waals surface area contributed by atoms with Gasteiger partial charge < -0.3 is 20.3 Å². The predicted molar refractivity (Wildman–Crippen MR) is 165 cm³/mol. The third kappa shape index (κ3) is 7.21. The zero-order chi connectivity index (χ0) is 32.1. The van der Waals surface area contributed by atoms with Crippen LogP contribution < -0.4 is 15.4 Å². The molecule has 11 nitrogen and oxygen atoms in total. The second-order valence-electron chi connectivity index (χ2n) is 11.0. The van der Waals surface area contributed by atoms with E-state index in [1.165, 1.54) is 36.5 Å². The number of anilines is 1. The van der Waals surface area contributed by atoms with E-state index in [-0.39, 0.29) is 23.0 Å². The monoisotopic (exact) mass is 618 g/mol. The minimum Gasteiger partial charge on any atom is -0.497 e. The summed E-state index contributed by atoms with van der Waals surface area (Å²) in [7, 11) is -2.82. The molecule has 230 valence electrons. The number of nitrogens with two attached hydrogens (primary N) is 1. The number of amides is 1. The molecule has 2 aromatic carbocycles. The zero-order valence-corrected chi connectivity index (χ0v) is 25.6. The van der Waals surface area contributed by atoms with Crippen LogP contribution in [0, 0.1) is 0 Å². The van der Waals surface area contributed by atoms with Crippen molar-refractivity contribution in [2.75, 3.05) is 18.6 Å². The minimum absolute atomic E-state index is 0.114. The van der Waals surface area contributed by atoms with Gasteiger partial charge in [-0.15, -0.1) is 0 Å². The van der Waals surface area contributed by atoms with Crippen LogP contribution in [0.2, 0.25) is 0 Å². The van der Waals surface area contributed by atoms with Gasteiger partial charge in [-0.1, -0.05) is 48.5 Å². The first-order chi connectivity index (χ1) is 20.7. The second kappa shape index (κ2) is 12.8. The summed E-state index contributed by atoms with van der Waals surface area (Å²) in [5, 5.41) is 9.25. The third-order valence-electron chi connectivity index (χ3n) is 6.57. The van der Waals surface area contributed by atoms with Crippen LogP contribution in [0.5, 0.6) is 5.75 Å². The van der Waals surface area contributed by atoms with Gasteiger partial charge in [-0.3, -0.25) is 9.69 Å². The summed E-state index contributed by atoms with van der Waals surface area (Å²) in [4.78, 5) is 31.8. The Labute approximate surface area is 256 Å². The maximum Gasteiger partial charge on any atom is 0.416 e. The minimum atomic E-state index is -4.40. The number of carboxylic acids is 1. The van der Waals surface area contributed by atoms with Gasteiger partial charge in [0.25, 0.3) is 0 Å². The molecule has 0 aliphatic heterocycles. The Balaban J connectivity index is 1.80. The summed E-state index contributed by atoms with van der Waals surface area (Å²) in [5.41, 5.74) is 8.17. The van der Waals surface area contributed by atoms with E-state index in [1.54, 1.807) is 46.1 Å².